The molecule has 4 aromatic carbocycles. The predicted octanol–water partition coefficient (Wildman–Crippen LogP) is 4.51. The van der Waals surface area contributed by atoms with Gasteiger partial charge in [-0.2, -0.15) is 10.2 Å². The van der Waals surface area contributed by atoms with Gasteiger partial charge >= 0.3 is 0 Å². The molecular formula is C31H24N6O3. The molecule has 4 aromatic rings. The molecule has 3 aliphatic rings. The Hall–Kier alpha value is -5.18. The van der Waals surface area contributed by atoms with Crippen molar-refractivity contribution in [2.75, 3.05) is 11.4 Å². The Morgan fingerprint density at radius 1 is 0.800 bits per heavy atom. The lowest BCUT2D eigenvalue weighted by Gasteiger charge is -2.25. The molecule has 3 atom stereocenters. The van der Waals surface area contributed by atoms with E-state index in [2.05, 4.69) is 10.3 Å². The first-order valence-electron chi connectivity index (χ1n) is 13.1. The zero-order valence-electron chi connectivity index (χ0n) is 21.4. The molecule has 1 fully saturated rings. The van der Waals surface area contributed by atoms with E-state index in [0.717, 1.165) is 27.6 Å². The van der Waals surface area contributed by atoms with Crippen molar-refractivity contribution in [2.24, 2.45) is 15.4 Å². The van der Waals surface area contributed by atoms with Crippen LogP contribution in [0.2, 0.25) is 0 Å². The summed E-state index contributed by atoms with van der Waals surface area (Å²) >= 11 is 0. The molecule has 3 amide bonds. The van der Waals surface area contributed by atoms with E-state index in [-0.39, 0.29) is 18.5 Å². The van der Waals surface area contributed by atoms with Crippen molar-refractivity contribution in [2.45, 2.75) is 24.5 Å². The highest BCUT2D eigenvalue weighted by Crippen LogP contribution is 2.37. The van der Waals surface area contributed by atoms with Crippen molar-refractivity contribution in [1.29, 1.82) is 0 Å². The summed E-state index contributed by atoms with van der Waals surface area (Å²) in [4.78, 5) is 42.0. The first-order valence-corrected chi connectivity index (χ1v) is 13.1. The molecule has 9 heteroatoms. The van der Waals surface area contributed by atoms with Crippen LogP contribution in [0.15, 0.2) is 119 Å². The first-order chi connectivity index (χ1) is 19.6. The van der Waals surface area contributed by atoms with Crippen LogP contribution in [0.25, 0.3) is 10.8 Å². The Kier molecular flexibility index (Phi) is 5.70. The molecular weight excluding hydrogens is 504 g/mol. The SMILES string of the molecule is O=C1[C@H]2N=NN(CC(=O)N3N=C(c4ccccc4)C[C@H]3c3ccccc3)[C@@H]2C(=O)N1c1cccc2ccccc12. The van der Waals surface area contributed by atoms with Crippen LogP contribution in [0, 0.1) is 0 Å². The van der Waals surface area contributed by atoms with E-state index < -0.39 is 23.9 Å². The average molecular weight is 529 g/mol. The minimum absolute atomic E-state index is 0.234. The lowest BCUT2D eigenvalue weighted by Crippen LogP contribution is -2.44. The van der Waals surface area contributed by atoms with Gasteiger partial charge in [0.05, 0.1) is 17.4 Å². The van der Waals surface area contributed by atoms with Gasteiger partial charge in [-0.15, -0.1) is 0 Å². The summed E-state index contributed by atoms with van der Waals surface area (Å²) in [6.07, 6.45) is 0.555. The number of hydrogen-bond acceptors (Lipinski definition) is 7. The van der Waals surface area contributed by atoms with Crippen LogP contribution >= 0.6 is 0 Å². The van der Waals surface area contributed by atoms with E-state index in [1.54, 1.807) is 6.07 Å². The van der Waals surface area contributed by atoms with Crippen molar-refractivity contribution < 1.29 is 14.4 Å². The van der Waals surface area contributed by atoms with Gasteiger partial charge in [0, 0.05) is 11.8 Å². The van der Waals surface area contributed by atoms with Crippen LogP contribution in [-0.4, -0.2) is 52.1 Å². The van der Waals surface area contributed by atoms with Crippen molar-refractivity contribution >= 4 is 39.9 Å². The van der Waals surface area contributed by atoms with E-state index in [4.69, 9.17) is 5.10 Å². The van der Waals surface area contributed by atoms with Crippen molar-refractivity contribution in [3.8, 4) is 0 Å². The third-order valence-corrected chi connectivity index (χ3v) is 7.62. The Bertz CT molecular complexity index is 1700. The van der Waals surface area contributed by atoms with E-state index in [1.807, 2.05) is 97.1 Å². The molecule has 40 heavy (non-hydrogen) atoms. The largest absolute Gasteiger partial charge is 0.271 e. The fraction of sp³-hybridized carbons (Fsp3) is 0.161. The van der Waals surface area contributed by atoms with Crippen LogP contribution in [0.3, 0.4) is 0 Å². The lowest BCUT2D eigenvalue weighted by atomic mass is 9.98. The summed E-state index contributed by atoms with van der Waals surface area (Å²) < 4.78 is 0. The molecule has 0 aromatic heterocycles. The molecule has 0 aliphatic carbocycles. The Morgan fingerprint density at radius 2 is 1.50 bits per heavy atom. The average Bonchev–Trinajstić information content (AvgIpc) is 3.69. The second-order valence-electron chi connectivity index (χ2n) is 9.98. The van der Waals surface area contributed by atoms with Gasteiger partial charge in [-0.1, -0.05) is 102 Å². The van der Waals surface area contributed by atoms with Gasteiger partial charge in [0.2, 0.25) is 0 Å². The van der Waals surface area contributed by atoms with E-state index in [1.165, 1.54) is 14.9 Å². The second-order valence-corrected chi connectivity index (χ2v) is 9.98. The summed E-state index contributed by atoms with van der Waals surface area (Å²) in [5.74, 6) is -1.22. The normalized spacial score (nSPS) is 21.9. The predicted molar refractivity (Wildman–Crippen MR) is 149 cm³/mol. The van der Waals surface area contributed by atoms with Crippen LogP contribution < -0.4 is 4.90 Å². The van der Waals surface area contributed by atoms with Crippen LogP contribution in [0.5, 0.6) is 0 Å². The van der Waals surface area contributed by atoms with Crippen molar-refractivity contribution in [3.63, 3.8) is 0 Å². The van der Waals surface area contributed by atoms with Gasteiger partial charge in [0.25, 0.3) is 17.7 Å². The molecule has 3 aliphatic heterocycles. The first kappa shape index (κ1) is 23.9. The van der Waals surface area contributed by atoms with Crippen LogP contribution in [0.4, 0.5) is 5.69 Å². The monoisotopic (exact) mass is 528 g/mol. The van der Waals surface area contributed by atoms with Gasteiger partial charge in [0.1, 0.15) is 6.54 Å². The maximum absolute atomic E-state index is 13.7. The number of imide groups is 1. The van der Waals surface area contributed by atoms with Crippen LogP contribution in [0.1, 0.15) is 23.6 Å². The standard InChI is InChI=1S/C31H24N6O3/c38-27(37-26(22-13-5-2-6-14-22)18-24(33-37)21-11-3-1-4-12-21)19-35-29-28(32-34-35)30(39)36(31(29)40)25-17-9-15-20-10-7-8-16-23(20)25/h1-17,26,28-29H,18-19H2/t26-,28-,29-/m0/s1. The number of fused-ring (bicyclic) bond motifs is 2. The second kappa shape index (κ2) is 9.53. The highest BCUT2D eigenvalue weighted by atomic mass is 16.2. The lowest BCUT2D eigenvalue weighted by molar-refractivity contribution is -0.135. The molecule has 0 bridgehead atoms. The highest BCUT2D eigenvalue weighted by molar-refractivity contribution is 6.27. The molecule has 196 valence electrons. The summed E-state index contributed by atoms with van der Waals surface area (Å²) in [5, 5.41) is 17.4. The zero-order chi connectivity index (χ0) is 27.2. The van der Waals surface area contributed by atoms with Gasteiger partial charge in [-0.3, -0.25) is 19.4 Å². The van der Waals surface area contributed by atoms with Gasteiger partial charge in [0.15, 0.2) is 12.1 Å². The molecule has 0 saturated carbocycles. The number of benzene rings is 4. The Morgan fingerprint density at radius 3 is 2.30 bits per heavy atom. The number of anilines is 1. The number of amides is 3. The number of hydrogen-bond donors (Lipinski definition) is 0. The molecule has 1 saturated heterocycles. The third-order valence-electron chi connectivity index (χ3n) is 7.62. The van der Waals surface area contributed by atoms with Gasteiger partial charge in [-0.25, -0.2) is 9.91 Å². The molecule has 7 rings (SSSR count). The van der Waals surface area contributed by atoms with Gasteiger partial charge in [-0.05, 0) is 22.6 Å². The topological polar surface area (TPSA) is 98.0 Å². The number of hydrazone groups is 1. The van der Waals surface area contributed by atoms with E-state index in [9.17, 15) is 14.4 Å². The summed E-state index contributed by atoms with van der Waals surface area (Å²) in [5.41, 5.74) is 3.21. The molecule has 0 radical (unpaired) electrons. The number of nitrogens with zero attached hydrogens (tertiary/aromatic N) is 6. The zero-order valence-corrected chi connectivity index (χ0v) is 21.4. The molecule has 0 N–H and O–H groups in total. The number of carbonyl (C=O) groups is 3. The van der Waals surface area contributed by atoms with Crippen molar-refractivity contribution in [1.82, 2.24) is 10.0 Å². The maximum atomic E-state index is 13.7. The molecule has 0 unspecified atom stereocenters. The minimum Gasteiger partial charge on any atom is -0.271 e. The highest BCUT2D eigenvalue weighted by Gasteiger charge is 2.55. The molecule has 0 spiro atoms. The van der Waals surface area contributed by atoms with Gasteiger partial charge < -0.3 is 0 Å². The van der Waals surface area contributed by atoms with E-state index in [0.29, 0.717) is 12.1 Å². The number of carbonyl (C=O) groups excluding carboxylic acids is 3. The Labute approximate surface area is 230 Å². The van der Waals surface area contributed by atoms with Crippen molar-refractivity contribution in [3.05, 3.63) is 114 Å². The fourth-order valence-electron chi connectivity index (χ4n) is 5.69. The summed E-state index contributed by atoms with van der Waals surface area (Å²) in [6.45, 7) is -0.234. The fourth-order valence-corrected chi connectivity index (χ4v) is 5.69. The molecule has 3 heterocycles. The smallest absolute Gasteiger partial charge is 0.264 e. The van der Waals surface area contributed by atoms with E-state index >= 15 is 0 Å². The Balaban J connectivity index is 1.17. The minimum atomic E-state index is -0.994. The summed E-state index contributed by atoms with van der Waals surface area (Å²) in [6, 6.07) is 30.3. The maximum Gasteiger partial charge on any atom is 0.264 e. The van der Waals surface area contributed by atoms with Crippen LogP contribution in [-0.2, 0) is 14.4 Å². The molecule has 9 nitrogen and oxygen atoms in total. The third kappa shape index (κ3) is 3.86. The summed E-state index contributed by atoms with van der Waals surface area (Å²) in [7, 11) is 0. The number of rotatable bonds is 5. The quantitative estimate of drug-likeness (QED) is 0.356.